The highest BCUT2D eigenvalue weighted by Gasteiger charge is 2.48. The van der Waals surface area contributed by atoms with Gasteiger partial charge in [0.15, 0.2) is 0 Å². The third kappa shape index (κ3) is 1.18. The largest absolute Gasteiger partial charge is 0.373 e. The van der Waals surface area contributed by atoms with Crippen molar-refractivity contribution in [2.75, 3.05) is 7.11 Å². The summed E-state index contributed by atoms with van der Waals surface area (Å²) in [6, 6.07) is 0. The molecule has 0 aromatic rings. The van der Waals surface area contributed by atoms with Crippen molar-refractivity contribution in [2.45, 2.75) is 31.2 Å². The van der Waals surface area contributed by atoms with Crippen molar-refractivity contribution in [2.24, 2.45) is 0 Å². The number of methoxy groups -OCH3 is 1. The Hall–Kier alpha value is -0.860. The average Bonchev–Trinajstić information content (AvgIpc) is 2.38. The van der Waals surface area contributed by atoms with Gasteiger partial charge in [0.1, 0.15) is 17.3 Å². The first kappa shape index (κ1) is 9.69. The predicted molar refractivity (Wildman–Crippen MR) is 56.1 cm³/mol. The van der Waals surface area contributed by atoms with Crippen LogP contribution in [0.1, 0.15) is 13.8 Å². The lowest BCUT2D eigenvalue weighted by Gasteiger charge is -2.40. The highest BCUT2D eigenvalue weighted by molar-refractivity contribution is 5.40. The summed E-state index contributed by atoms with van der Waals surface area (Å²) in [7, 11) is 1.70. The Bertz CT molecular complexity index is 329. The van der Waals surface area contributed by atoms with Gasteiger partial charge in [0.05, 0.1) is 0 Å². The first-order chi connectivity index (χ1) is 6.53. The minimum Gasteiger partial charge on any atom is -0.373 e. The fourth-order valence-corrected chi connectivity index (χ4v) is 2.36. The summed E-state index contributed by atoms with van der Waals surface area (Å²) >= 11 is 0. The molecule has 3 atom stereocenters. The van der Waals surface area contributed by atoms with E-state index in [1.165, 1.54) is 0 Å². The summed E-state index contributed by atoms with van der Waals surface area (Å²) in [6.07, 6.45) is 8.02. The summed E-state index contributed by atoms with van der Waals surface area (Å²) in [5, 5.41) is 0. The Morgan fingerprint density at radius 2 is 2.21 bits per heavy atom. The maximum Gasteiger partial charge on any atom is 0.115 e. The second-order valence-electron chi connectivity index (χ2n) is 4.27. The van der Waals surface area contributed by atoms with Crippen LogP contribution in [0, 0.1) is 0 Å². The van der Waals surface area contributed by atoms with Crippen LogP contribution in [0.2, 0.25) is 0 Å². The minimum atomic E-state index is -0.345. The molecule has 0 saturated heterocycles. The van der Waals surface area contributed by atoms with Crippen molar-refractivity contribution >= 4 is 0 Å². The highest BCUT2D eigenvalue weighted by Crippen LogP contribution is 2.43. The van der Waals surface area contributed by atoms with E-state index in [0.29, 0.717) is 0 Å². The molecular weight excluding hydrogens is 176 g/mol. The molecule has 14 heavy (non-hydrogen) atoms. The lowest BCUT2D eigenvalue weighted by molar-refractivity contribution is -0.120. The first-order valence-electron chi connectivity index (χ1n) is 4.81. The van der Waals surface area contributed by atoms with E-state index < -0.39 is 0 Å². The molecule has 0 aromatic heterocycles. The number of ether oxygens (including phenoxy) is 2. The van der Waals surface area contributed by atoms with Crippen LogP contribution in [0.3, 0.4) is 0 Å². The van der Waals surface area contributed by atoms with Crippen LogP contribution in [0.4, 0.5) is 0 Å². The molecule has 2 aliphatic heterocycles. The molecule has 0 saturated carbocycles. The van der Waals surface area contributed by atoms with E-state index in [0.717, 1.165) is 5.57 Å². The Labute approximate surface area is 84.9 Å². The van der Waals surface area contributed by atoms with Crippen molar-refractivity contribution in [1.29, 1.82) is 0 Å². The second-order valence-corrected chi connectivity index (χ2v) is 4.27. The standard InChI is InChI=1S/C12H16O2/c1-5-9-8-11(2)6-7-12(3,14-11)10(9)13-4/h5-8,10H,1H2,2-4H3/t10-,11+,12-/m1/s1. The van der Waals surface area contributed by atoms with Crippen LogP contribution < -0.4 is 0 Å². The molecule has 2 rings (SSSR count). The molecule has 0 fully saturated rings. The van der Waals surface area contributed by atoms with Crippen LogP contribution in [-0.2, 0) is 9.47 Å². The molecule has 0 radical (unpaired) electrons. The summed E-state index contributed by atoms with van der Waals surface area (Å²) in [6.45, 7) is 7.90. The van der Waals surface area contributed by atoms with Gasteiger partial charge in [-0.15, -0.1) is 0 Å². The molecule has 0 N–H and O–H groups in total. The zero-order chi connectivity index (χ0) is 10.4. The van der Waals surface area contributed by atoms with Gasteiger partial charge in [-0.25, -0.2) is 0 Å². The van der Waals surface area contributed by atoms with Gasteiger partial charge in [-0.05, 0) is 25.5 Å². The highest BCUT2D eigenvalue weighted by atomic mass is 16.6. The van der Waals surface area contributed by atoms with Gasteiger partial charge >= 0.3 is 0 Å². The average molecular weight is 192 g/mol. The van der Waals surface area contributed by atoms with E-state index in [9.17, 15) is 0 Å². The van der Waals surface area contributed by atoms with Gasteiger partial charge < -0.3 is 9.47 Å². The van der Waals surface area contributed by atoms with Gasteiger partial charge in [-0.3, -0.25) is 0 Å². The Balaban J connectivity index is 2.48. The Morgan fingerprint density at radius 3 is 2.79 bits per heavy atom. The van der Waals surface area contributed by atoms with Gasteiger partial charge in [-0.1, -0.05) is 24.8 Å². The number of hydrogen-bond acceptors (Lipinski definition) is 2. The smallest absolute Gasteiger partial charge is 0.115 e. The monoisotopic (exact) mass is 192 g/mol. The normalized spacial score (nSPS) is 45.1. The van der Waals surface area contributed by atoms with Gasteiger partial charge in [0.25, 0.3) is 0 Å². The summed E-state index contributed by atoms with van der Waals surface area (Å²) < 4.78 is 11.4. The van der Waals surface area contributed by atoms with Crippen LogP contribution in [-0.4, -0.2) is 24.4 Å². The third-order valence-corrected chi connectivity index (χ3v) is 2.93. The molecule has 76 valence electrons. The summed E-state index contributed by atoms with van der Waals surface area (Å²) in [4.78, 5) is 0. The zero-order valence-electron chi connectivity index (χ0n) is 8.91. The van der Waals surface area contributed by atoms with E-state index in [-0.39, 0.29) is 17.3 Å². The van der Waals surface area contributed by atoms with Crippen LogP contribution in [0.15, 0.2) is 36.5 Å². The van der Waals surface area contributed by atoms with Crippen molar-refractivity contribution in [3.63, 3.8) is 0 Å². The van der Waals surface area contributed by atoms with Crippen molar-refractivity contribution in [3.05, 3.63) is 36.5 Å². The van der Waals surface area contributed by atoms with Crippen LogP contribution in [0.25, 0.3) is 0 Å². The van der Waals surface area contributed by atoms with Crippen molar-refractivity contribution in [3.8, 4) is 0 Å². The fraction of sp³-hybridized carbons (Fsp3) is 0.500. The van der Waals surface area contributed by atoms with Crippen LogP contribution >= 0.6 is 0 Å². The number of hydrogen-bond donors (Lipinski definition) is 0. The third-order valence-electron chi connectivity index (χ3n) is 2.93. The van der Waals surface area contributed by atoms with E-state index in [4.69, 9.17) is 9.47 Å². The maximum atomic E-state index is 5.95. The molecular formula is C12H16O2. The quantitative estimate of drug-likeness (QED) is 0.625. The predicted octanol–water partition coefficient (Wildman–Crippen LogP) is 2.23. The number of fused-ring (bicyclic) bond motifs is 2. The summed E-state index contributed by atoms with van der Waals surface area (Å²) in [5.41, 5.74) is 0.475. The molecule has 2 nitrogen and oxygen atoms in total. The topological polar surface area (TPSA) is 18.5 Å². The van der Waals surface area contributed by atoms with Gasteiger partial charge in [0.2, 0.25) is 0 Å². The molecule has 2 heterocycles. The second kappa shape index (κ2) is 2.81. The molecule has 2 heteroatoms. The van der Waals surface area contributed by atoms with E-state index in [1.807, 2.05) is 19.9 Å². The minimum absolute atomic E-state index is 0.0492. The first-order valence-corrected chi connectivity index (χ1v) is 4.81. The lowest BCUT2D eigenvalue weighted by Crippen LogP contribution is -2.47. The SMILES string of the molecule is C=CC1=C[C@]2(C)C=C[C@@](C)(O2)[C@@H]1OC. The Morgan fingerprint density at radius 1 is 1.50 bits per heavy atom. The van der Waals surface area contributed by atoms with Crippen molar-refractivity contribution in [1.82, 2.24) is 0 Å². The van der Waals surface area contributed by atoms with E-state index in [1.54, 1.807) is 7.11 Å². The molecule has 0 amide bonds. The van der Waals surface area contributed by atoms with Gasteiger partial charge in [0, 0.05) is 7.11 Å². The molecule has 0 unspecified atom stereocenters. The van der Waals surface area contributed by atoms with E-state index in [2.05, 4.69) is 24.8 Å². The number of rotatable bonds is 2. The molecule has 0 spiro atoms. The van der Waals surface area contributed by atoms with Crippen molar-refractivity contribution < 1.29 is 9.47 Å². The molecule has 0 aromatic carbocycles. The van der Waals surface area contributed by atoms with Gasteiger partial charge in [-0.2, -0.15) is 0 Å². The summed E-state index contributed by atoms with van der Waals surface area (Å²) in [5.74, 6) is 0. The molecule has 0 aliphatic carbocycles. The zero-order valence-corrected chi connectivity index (χ0v) is 8.91. The lowest BCUT2D eigenvalue weighted by atomic mass is 9.90. The Kier molecular flexibility index (Phi) is 1.95. The molecule has 2 aliphatic rings. The maximum absolute atomic E-state index is 5.95. The molecule has 2 bridgehead atoms. The van der Waals surface area contributed by atoms with E-state index >= 15 is 0 Å². The van der Waals surface area contributed by atoms with Crippen LogP contribution in [0.5, 0.6) is 0 Å². The fourth-order valence-electron chi connectivity index (χ4n) is 2.36.